The molecule has 17 heavy (non-hydrogen) atoms. The van der Waals surface area contributed by atoms with Gasteiger partial charge in [0, 0.05) is 29.7 Å². The highest BCUT2D eigenvalue weighted by Crippen LogP contribution is 2.27. The van der Waals surface area contributed by atoms with E-state index in [-0.39, 0.29) is 5.82 Å². The summed E-state index contributed by atoms with van der Waals surface area (Å²) < 4.78 is 20.3. The maximum absolute atomic E-state index is 13.7. The van der Waals surface area contributed by atoms with Crippen LogP contribution in [-0.2, 0) is 11.3 Å². The van der Waals surface area contributed by atoms with E-state index in [2.05, 4.69) is 20.8 Å². The average molecular weight is 300 g/mol. The predicted molar refractivity (Wildman–Crippen MR) is 67.3 cm³/mol. The molecule has 92 valence electrons. The van der Waals surface area contributed by atoms with Gasteiger partial charge in [0.15, 0.2) is 0 Å². The molecular weight excluding hydrogens is 285 g/mol. The molecule has 0 N–H and O–H groups in total. The third kappa shape index (κ3) is 2.54. The van der Waals surface area contributed by atoms with Gasteiger partial charge in [0.1, 0.15) is 5.82 Å². The molecule has 3 rings (SSSR count). The van der Waals surface area contributed by atoms with Gasteiger partial charge in [-0.15, -0.1) is 0 Å². The van der Waals surface area contributed by atoms with Crippen molar-refractivity contribution in [2.45, 2.75) is 31.6 Å². The highest BCUT2D eigenvalue weighted by atomic mass is 79.9. The molecule has 0 spiro atoms. The van der Waals surface area contributed by atoms with Gasteiger partial charge >= 0.3 is 0 Å². The zero-order valence-corrected chi connectivity index (χ0v) is 11.1. The van der Waals surface area contributed by atoms with E-state index in [0.29, 0.717) is 18.8 Å². The molecule has 2 nitrogen and oxygen atoms in total. The molecule has 0 radical (unpaired) electrons. The first-order valence-electron chi connectivity index (χ1n) is 6.02. The molecule has 4 heteroatoms. The van der Waals surface area contributed by atoms with Gasteiger partial charge in [0.25, 0.3) is 0 Å². The van der Waals surface area contributed by atoms with Crippen molar-refractivity contribution in [1.82, 2.24) is 4.90 Å². The van der Waals surface area contributed by atoms with E-state index in [1.807, 2.05) is 12.1 Å². The van der Waals surface area contributed by atoms with Gasteiger partial charge in [0.05, 0.1) is 12.2 Å². The fourth-order valence-electron chi connectivity index (χ4n) is 2.72. The number of rotatable bonds is 2. The number of ether oxygens (including phenoxy) is 1. The Morgan fingerprint density at radius 3 is 2.65 bits per heavy atom. The second-order valence-electron chi connectivity index (χ2n) is 4.89. The van der Waals surface area contributed by atoms with Crippen LogP contribution in [0.4, 0.5) is 4.39 Å². The molecule has 2 atom stereocenters. The van der Waals surface area contributed by atoms with E-state index in [0.717, 1.165) is 36.0 Å². The smallest absolute Gasteiger partial charge is 0.128 e. The van der Waals surface area contributed by atoms with Gasteiger partial charge in [-0.1, -0.05) is 22.0 Å². The minimum Gasteiger partial charge on any atom is -0.372 e. The minimum atomic E-state index is -0.127. The number of morpholine rings is 1. The summed E-state index contributed by atoms with van der Waals surface area (Å²) >= 11 is 3.28. The van der Waals surface area contributed by atoms with Crippen LogP contribution >= 0.6 is 15.9 Å². The van der Waals surface area contributed by atoms with Crippen molar-refractivity contribution in [2.24, 2.45) is 0 Å². The summed E-state index contributed by atoms with van der Waals surface area (Å²) in [6, 6.07) is 5.29. The number of nitrogens with zero attached hydrogens (tertiary/aromatic N) is 1. The summed E-state index contributed by atoms with van der Waals surface area (Å²) in [5.41, 5.74) is 0.773. The molecular formula is C13H15BrFNO. The molecule has 1 aromatic carbocycles. The van der Waals surface area contributed by atoms with Gasteiger partial charge in [-0.25, -0.2) is 4.39 Å². The molecule has 1 aromatic rings. The van der Waals surface area contributed by atoms with Crippen LogP contribution in [0.2, 0.25) is 0 Å². The lowest BCUT2D eigenvalue weighted by atomic mass is 10.2. The van der Waals surface area contributed by atoms with Crippen LogP contribution in [0.3, 0.4) is 0 Å². The Balaban J connectivity index is 1.70. The van der Waals surface area contributed by atoms with E-state index >= 15 is 0 Å². The molecule has 0 aromatic heterocycles. The molecule has 0 amide bonds. The van der Waals surface area contributed by atoms with Crippen molar-refractivity contribution < 1.29 is 9.13 Å². The fourth-order valence-corrected chi connectivity index (χ4v) is 3.05. The van der Waals surface area contributed by atoms with Crippen molar-refractivity contribution in [3.63, 3.8) is 0 Å². The van der Waals surface area contributed by atoms with E-state index in [4.69, 9.17) is 4.74 Å². The van der Waals surface area contributed by atoms with Crippen molar-refractivity contribution in [3.8, 4) is 0 Å². The van der Waals surface area contributed by atoms with Gasteiger partial charge in [-0.05, 0) is 25.0 Å². The Bertz CT molecular complexity index is 414. The quantitative estimate of drug-likeness (QED) is 0.832. The standard InChI is InChI=1S/C13H15BrFNO/c14-10-2-1-9(13(15)5-10)6-16-7-11-3-4-12(8-16)17-11/h1-2,5,11-12H,3-4,6-8H2. The molecule has 2 heterocycles. The highest BCUT2D eigenvalue weighted by molar-refractivity contribution is 9.10. The first-order valence-corrected chi connectivity index (χ1v) is 6.82. The molecule has 0 saturated carbocycles. The Hall–Kier alpha value is -0.450. The number of halogens is 2. The third-order valence-corrected chi connectivity index (χ3v) is 4.02. The third-order valence-electron chi connectivity index (χ3n) is 3.53. The van der Waals surface area contributed by atoms with E-state index in [9.17, 15) is 4.39 Å². The van der Waals surface area contributed by atoms with E-state index < -0.39 is 0 Å². The Labute approximate surface area is 109 Å². The highest BCUT2D eigenvalue weighted by Gasteiger charge is 2.33. The monoisotopic (exact) mass is 299 g/mol. The maximum atomic E-state index is 13.7. The Morgan fingerprint density at radius 1 is 1.29 bits per heavy atom. The van der Waals surface area contributed by atoms with Crippen LogP contribution in [0.5, 0.6) is 0 Å². The summed E-state index contributed by atoms with van der Waals surface area (Å²) in [5.74, 6) is -0.127. The normalized spacial score (nSPS) is 28.6. The van der Waals surface area contributed by atoms with Crippen molar-refractivity contribution in [3.05, 3.63) is 34.1 Å². The summed E-state index contributed by atoms with van der Waals surface area (Å²) in [5, 5.41) is 0. The zero-order valence-electron chi connectivity index (χ0n) is 9.53. The van der Waals surface area contributed by atoms with Crippen LogP contribution in [0.1, 0.15) is 18.4 Å². The summed E-state index contributed by atoms with van der Waals surface area (Å²) in [6.07, 6.45) is 3.05. The molecule has 2 bridgehead atoms. The first kappa shape index (κ1) is 11.6. The van der Waals surface area contributed by atoms with Gasteiger partial charge in [-0.2, -0.15) is 0 Å². The second-order valence-corrected chi connectivity index (χ2v) is 5.80. The molecule has 2 aliphatic rings. The van der Waals surface area contributed by atoms with Crippen LogP contribution < -0.4 is 0 Å². The number of likely N-dealkylation sites (tertiary alicyclic amines) is 1. The molecule has 0 aliphatic carbocycles. The molecule has 2 fully saturated rings. The van der Waals surface area contributed by atoms with Crippen LogP contribution in [0.15, 0.2) is 22.7 Å². The van der Waals surface area contributed by atoms with E-state index in [1.165, 1.54) is 6.07 Å². The fraction of sp³-hybridized carbons (Fsp3) is 0.538. The lowest BCUT2D eigenvalue weighted by Crippen LogP contribution is -2.42. The van der Waals surface area contributed by atoms with Crippen molar-refractivity contribution in [1.29, 1.82) is 0 Å². The summed E-state index contributed by atoms with van der Waals surface area (Å²) in [7, 11) is 0. The lowest BCUT2D eigenvalue weighted by Gasteiger charge is -2.32. The van der Waals surface area contributed by atoms with Gasteiger partial charge in [-0.3, -0.25) is 4.90 Å². The Kier molecular flexibility index (Phi) is 3.19. The van der Waals surface area contributed by atoms with Crippen LogP contribution in [0, 0.1) is 5.82 Å². The predicted octanol–water partition coefficient (Wildman–Crippen LogP) is 2.95. The molecule has 2 saturated heterocycles. The van der Waals surface area contributed by atoms with Crippen molar-refractivity contribution in [2.75, 3.05) is 13.1 Å². The largest absolute Gasteiger partial charge is 0.372 e. The number of hydrogen-bond donors (Lipinski definition) is 0. The van der Waals surface area contributed by atoms with Gasteiger partial charge < -0.3 is 4.74 Å². The Morgan fingerprint density at radius 2 is 2.00 bits per heavy atom. The topological polar surface area (TPSA) is 12.5 Å². The second kappa shape index (κ2) is 4.67. The minimum absolute atomic E-state index is 0.127. The summed E-state index contributed by atoms with van der Waals surface area (Å²) in [4.78, 5) is 2.30. The lowest BCUT2D eigenvalue weighted by molar-refractivity contribution is -0.0413. The van der Waals surface area contributed by atoms with E-state index in [1.54, 1.807) is 0 Å². The average Bonchev–Trinajstić information content (AvgIpc) is 2.62. The SMILES string of the molecule is Fc1cc(Br)ccc1CN1CC2CCC(C1)O2. The van der Waals surface area contributed by atoms with Gasteiger partial charge in [0.2, 0.25) is 0 Å². The number of benzene rings is 1. The van der Waals surface area contributed by atoms with Crippen LogP contribution in [-0.4, -0.2) is 30.2 Å². The molecule has 2 unspecified atom stereocenters. The number of fused-ring (bicyclic) bond motifs is 2. The van der Waals surface area contributed by atoms with Crippen molar-refractivity contribution >= 4 is 15.9 Å². The maximum Gasteiger partial charge on any atom is 0.128 e. The first-order chi connectivity index (χ1) is 8.20. The summed E-state index contributed by atoms with van der Waals surface area (Å²) in [6.45, 7) is 2.56. The zero-order chi connectivity index (χ0) is 11.8. The van der Waals surface area contributed by atoms with Crippen LogP contribution in [0.25, 0.3) is 0 Å². The molecule has 2 aliphatic heterocycles. The number of hydrogen-bond acceptors (Lipinski definition) is 2.